The van der Waals surface area contributed by atoms with E-state index in [4.69, 9.17) is 0 Å². The fourth-order valence-electron chi connectivity index (χ4n) is 2.76. The van der Waals surface area contributed by atoms with Crippen LogP contribution in [0, 0.1) is 0 Å². The van der Waals surface area contributed by atoms with Gasteiger partial charge in [-0.2, -0.15) is 9.40 Å². The normalized spacial score (nSPS) is 16.0. The van der Waals surface area contributed by atoms with Crippen molar-refractivity contribution >= 4 is 21.6 Å². The van der Waals surface area contributed by atoms with E-state index < -0.39 is 15.9 Å². The number of nitrogens with zero attached hydrogens (tertiary/aromatic N) is 3. The van der Waals surface area contributed by atoms with Crippen molar-refractivity contribution < 1.29 is 13.2 Å². The summed E-state index contributed by atoms with van der Waals surface area (Å²) < 4.78 is 28.5. The van der Waals surface area contributed by atoms with Crippen LogP contribution < -0.4 is 5.32 Å². The van der Waals surface area contributed by atoms with E-state index in [0.717, 1.165) is 19.3 Å². The van der Waals surface area contributed by atoms with Crippen molar-refractivity contribution in [2.75, 3.05) is 18.4 Å². The molecule has 0 atom stereocenters. The van der Waals surface area contributed by atoms with Crippen LogP contribution in [0.5, 0.6) is 0 Å². The minimum Gasteiger partial charge on any atom is -0.322 e. The number of sulfonamides is 1. The predicted octanol–water partition coefficient (Wildman–Crippen LogP) is 1.85. The van der Waals surface area contributed by atoms with Crippen molar-refractivity contribution in [3.63, 3.8) is 0 Å². The van der Waals surface area contributed by atoms with Gasteiger partial charge in [0.25, 0.3) is 15.9 Å². The van der Waals surface area contributed by atoms with Crippen LogP contribution in [0.25, 0.3) is 0 Å². The lowest BCUT2D eigenvalue weighted by atomic mass is 10.2. The number of rotatable bonds is 4. The number of amides is 1. The lowest BCUT2D eigenvalue weighted by Crippen LogP contribution is -2.36. The number of nitrogens with one attached hydrogen (secondary N) is 1. The fourth-order valence-corrected chi connectivity index (χ4v) is 4.40. The molecule has 0 spiro atoms. The average Bonchev–Trinajstić information content (AvgIpc) is 2.99. The summed E-state index contributed by atoms with van der Waals surface area (Å²) in [6, 6.07) is 8.92. The van der Waals surface area contributed by atoms with Crippen LogP contribution in [0.3, 0.4) is 0 Å². The fraction of sp³-hybridized carbons (Fsp3) is 0.375. The van der Waals surface area contributed by atoms with E-state index in [1.807, 2.05) is 6.07 Å². The minimum atomic E-state index is -3.77. The molecule has 7 nitrogen and oxygen atoms in total. The van der Waals surface area contributed by atoms with Crippen molar-refractivity contribution in [3.8, 4) is 0 Å². The number of hydrogen-bond acceptors (Lipinski definition) is 4. The standard InChI is InChI=1S/C16H20N4O3S/c1-19-12-14(15(21)17-13-8-4-2-5-9-13)16(18-19)24(22,23)20-10-6-3-7-11-20/h2,4-5,8-9,12H,3,6-7,10-11H2,1H3,(H,17,21). The number of aromatic nitrogens is 2. The summed E-state index contributed by atoms with van der Waals surface area (Å²) in [7, 11) is -2.16. The van der Waals surface area contributed by atoms with Crippen LogP contribution >= 0.6 is 0 Å². The lowest BCUT2D eigenvalue weighted by molar-refractivity contribution is 0.102. The second kappa shape index (κ2) is 6.74. The van der Waals surface area contributed by atoms with Gasteiger partial charge in [0.1, 0.15) is 0 Å². The molecule has 8 heteroatoms. The molecule has 1 aromatic heterocycles. The average molecular weight is 348 g/mol. The molecule has 2 heterocycles. The number of piperidine rings is 1. The third-order valence-electron chi connectivity index (χ3n) is 3.97. The number of benzene rings is 1. The number of anilines is 1. The molecule has 1 saturated heterocycles. The molecule has 0 aliphatic carbocycles. The molecule has 2 aromatic rings. The molecule has 1 aromatic carbocycles. The molecule has 3 rings (SSSR count). The van der Waals surface area contributed by atoms with E-state index >= 15 is 0 Å². The zero-order valence-corrected chi connectivity index (χ0v) is 14.3. The number of hydrogen-bond donors (Lipinski definition) is 1. The minimum absolute atomic E-state index is 0.0620. The van der Waals surface area contributed by atoms with Crippen molar-refractivity contribution in [2.45, 2.75) is 24.3 Å². The van der Waals surface area contributed by atoms with E-state index in [1.165, 1.54) is 15.2 Å². The monoisotopic (exact) mass is 348 g/mol. The second-order valence-electron chi connectivity index (χ2n) is 5.81. The maximum absolute atomic E-state index is 12.8. The van der Waals surface area contributed by atoms with Gasteiger partial charge in [-0.15, -0.1) is 0 Å². The second-order valence-corrected chi connectivity index (χ2v) is 7.66. The highest BCUT2D eigenvalue weighted by atomic mass is 32.2. The first-order valence-electron chi connectivity index (χ1n) is 7.88. The van der Waals surface area contributed by atoms with Gasteiger partial charge in [0.15, 0.2) is 0 Å². The Bertz CT molecular complexity index is 824. The molecular formula is C16H20N4O3S. The molecule has 0 unspecified atom stereocenters. The Labute approximate surface area is 141 Å². The highest BCUT2D eigenvalue weighted by Gasteiger charge is 2.33. The summed E-state index contributed by atoms with van der Waals surface area (Å²) >= 11 is 0. The smallest absolute Gasteiger partial charge is 0.263 e. The van der Waals surface area contributed by atoms with E-state index in [9.17, 15) is 13.2 Å². The van der Waals surface area contributed by atoms with Gasteiger partial charge in [0.05, 0.1) is 5.56 Å². The molecule has 1 aliphatic rings. The van der Waals surface area contributed by atoms with E-state index in [1.54, 1.807) is 31.3 Å². The van der Waals surface area contributed by atoms with Gasteiger partial charge in [0.2, 0.25) is 5.03 Å². The molecule has 128 valence electrons. The van der Waals surface area contributed by atoms with Gasteiger partial charge >= 0.3 is 0 Å². The van der Waals surface area contributed by atoms with Gasteiger partial charge in [-0.3, -0.25) is 9.48 Å². The van der Waals surface area contributed by atoms with Gasteiger partial charge in [0, 0.05) is 32.0 Å². The van der Waals surface area contributed by atoms with E-state index in [-0.39, 0.29) is 10.6 Å². The first kappa shape index (κ1) is 16.7. The summed E-state index contributed by atoms with van der Waals surface area (Å²) in [5.74, 6) is -0.482. The lowest BCUT2D eigenvalue weighted by Gasteiger charge is -2.25. The maximum atomic E-state index is 12.8. The molecule has 0 bridgehead atoms. The summed E-state index contributed by atoms with van der Waals surface area (Å²) in [6.45, 7) is 0.942. The van der Waals surface area contributed by atoms with Gasteiger partial charge in [-0.05, 0) is 25.0 Å². The summed E-state index contributed by atoms with van der Waals surface area (Å²) in [6.07, 6.45) is 4.12. The van der Waals surface area contributed by atoms with Gasteiger partial charge < -0.3 is 5.32 Å². The van der Waals surface area contributed by atoms with Crippen LogP contribution in [-0.4, -0.2) is 41.5 Å². The van der Waals surface area contributed by atoms with Gasteiger partial charge in [-0.1, -0.05) is 24.6 Å². The molecule has 0 saturated carbocycles. The maximum Gasteiger partial charge on any atom is 0.263 e. The van der Waals surface area contributed by atoms with Crippen molar-refractivity contribution in [1.82, 2.24) is 14.1 Å². The Morgan fingerprint density at radius 1 is 1.12 bits per heavy atom. The van der Waals surface area contributed by atoms with Crippen LogP contribution in [0.1, 0.15) is 29.6 Å². The molecule has 24 heavy (non-hydrogen) atoms. The molecular weight excluding hydrogens is 328 g/mol. The third-order valence-corrected chi connectivity index (χ3v) is 5.81. The van der Waals surface area contributed by atoms with Crippen molar-refractivity contribution in [3.05, 3.63) is 42.1 Å². The van der Waals surface area contributed by atoms with Crippen LogP contribution in [0.4, 0.5) is 5.69 Å². The Morgan fingerprint density at radius 3 is 2.46 bits per heavy atom. The van der Waals surface area contributed by atoms with Crippen LogP contribution in [0.2, 0.25) is 0 Å². The zero-order valence-electron chi connectivity index (χ0n) is 13.5. The first-order chi connectivity index (χ1) is 11.5. The number of carbonyl (C=O) groups is 1. The highest BCUT2D eigenvalue weighted by Crippen LogP contribution is 2.23. The Kier molecular flexibility index (Phi) is 4.68. The first-order valence-corrected chi connectivity index (χ1v) is 9.33. The predicted molar refractivity (Wildman–Crippen MR) is 90.2 cm³/mol. The Balaban J connectivity index is 1.91. The quantitative estimate of drug-likeness (QED) is 0.914. The summed E-state index contributed by atoms with van der Waals surface area (Å²) in [5, 5.41) is 6.58. The van der Waals surface area contributed by atoms with Crippen molar-refractivity contribution in [2.24, 2.45) is 7.05 Å². The molecule has 1 fully saturated rings. The summed E-state index contributed by atoms with van der Waals surface area (Å²) in [4.78, 5) is 12.5. The topological polar surface area (TPSA) is 84.3 Å². The molecule has 1 amide bonds. The van der Waals surface area contributed by atoms with Crippen LogP contribution in [0.15, 0.2) is 41.6 Å². The van der Waals surface area contributed by atoms with Crippen molar-refractivity contribution in [1.29, 1.82) is 0 Å². The molecule has 1 aliphatic heterocycles. The molecule has 0 radical (unpaired) electrons. The van der Waals surface area contributed by atoms with E-state index in [0.29, 0.717) is 18.8 Å². The largest absolute Gasteiger partial charge is 0.322 e. The number of aryl methyl sites for hydroxylation is 1. The van der Waals surface area contributed by atoms with Gasteiger partial charge in [-0.25, -0.2) is 8.42 Å². The summed E-state index contributed by atoms with van der Waals surface area (Å²) in [5.41, 5.74) is 0.666. The zero-order chi connectivity index (χ0) is 17.2. The highest BCUT2D eigenvalue weighted by molar-refractivity contribution is 7.89. The Morgan fingerprint density at radius 2 is 1.79 bits per heavy atom. The third kappa shape index (κ3) is 3.34. The van der Waals surface area contributed by atoms with Crippen LogP contribution in [-0.2, 0) is 17.1 Å². The molecule has 1 N–H and O–H groups in total. The van der Waals surface area contributed by atoms with E-state index in [2.05, 4.69) is 10.4 Å². The number of para-hydroxylation sites is 1. The Hall–Kier alpha value is -2.19. The SMILES string of the molecule is Cn1cc(C(=O)Nc2ccccc2)c(S(=O)(=O)N2CCCCC2)n1. The number of carbonyl (C=O) groups excluding carboxylic acids is 1.